The molecule has 120 valence electrons. The summed E-state index contributed by atoms with van der Waals surface area (Å²) in [7, 11) is 0. The van der Waals surface area contributed by atoms with Crippen LogP contribution in [0.4, 0.5) is 0 Å². The fraction of sp³-hybridized carbons (Fsp3) is 0.500. The summed E-state index contributed by atoms with van der Waals surface area (Å²) in [6, 6.07) is 6.40. The van der Waals surface area contributed by atoms with Gasteiger partial charge in [0.05, 0.1) is 5.92 Å². The molecule has 0 bridgehead atoms. The predicted molar refractivity (Wildman–Crippen MR) is 85.4 cm³/mol. The van der Waals surface area contributed by atoms with E-state index in [0.29, 0.717) is 0 Å². The quantitative estimate of drug-likeness (QED) is 0.801. The van der Waals surface area contributed by atoms with E-state index in [2.05, 4.69) is 21.2 Å². The van der Waals surface area contributed by atoms with Gasteiger partial charge in [-0.2, -0.15) is 0 Å². The Morgan fingerprint density at radius 1 is 1.27 bits per heavy atom. The monoisotopic (exact) mass is 369 g/mol. The zero-order valence-corrected chi connectivity index (χ0v) is 14.4. The Balaban J connectivity index is 2.25. The SMILES string of the molecule is CC(C)(C)OC(=O)[C@@H]1C[C@H](C(=O)O)N[C@@H]1c1ccc(Br)cc1. The number of benzene rings is 1. The standard InChI is InChI=1S/C16H20BrNO4/c1-16(2,3)22-15(21)11-8-12(14(19)20)18-13(11)9-4-6-10(17)7-5-9/h4-7,11-13,18H,8H2,1-3H3,(H,19,20)/t11-,12-,13-/m1/s1. The molecule has 2 rings (SSSR count). The summed E-state index contributed by atoms with van der Waals surface area (Å²) in [6.45, 7) is 5.41. The Kier molecular flexibility index (Phi) is 4.92. The molecule has 1 aliphatic heterocycles. The largest absolute Gasteiger partial charge is 0.480 e. The van der Waals surface area contributed by atoms with Gasteiger partial charge in [-0.3, -0.25) is 14.9 Å². The maximum absolute atomic E-state index is 12.4. The molecule has 1 fully saturated rings. The molecule has 3 atom stereocenters. The molecule has 0 spiro atoms. The molecule has 0 aliphatic carbocycles. The first-order valence-electron chi connectivity index (χ1n) is 7.14. The normalized spacial score (nSPS) is 25.0. The third-order valence-corrected chi connectivity index (χ3v) is 4.04. The van der Waals surface area contributed by atoms with Crippen molar-refractivity contribution < 1.29 is 19.4 Å². The van der Waals surface area contributed by atoms with Crippen molar-refractivity contribution >= 4 is 27.9 Å². The van der Waals surface area contributed by atoms with Crippen molar-refractivity contribution in [2.24, 2.45) is 5.92 Å². The van der Waals surface area contributed by atoms with Crippen molar-refractivity contribution in [3.05, 3.63) is 34.3 Å². The molecule has 1 aromatic rings. The van der Waals surface area contributed by atoms with Crippen molar-refractivity contribution in [1.29, 1.82) is 0 Å². The smallest absolute Gasteiger partial charge is 0.320 e. The molecule has 1 saturated heterocycles. The van der Waals surface area contributed by atoms with Gasteiger partial charge in [-0.05, 0) is 44.9 Å². The number of nitrogens with one attached hydrogen (secondary N) is 1. The Morgan fingerprint density at radius 3 is 2.36 bits per heavy atom. The molecule has 0 radical (unpaired) electrons. The van der Waals surface area contributed by atoms with Crippen LogP contribution >= 0.6 is 15.9 Å². The summed E-state index contributed by atoms with van der Waals surface area (Å²) in [5.41, 5.74) is 0.283. The molecular weight excluding hydrogens is 350 g/mol. The van der Waals surface area contributed by atoms with Crippen LogP contribution in [0.3, 0.4) is 0 Å². The van der Waals surface area contributed by atoms with Gasteiger partial charge in [-0.25, -0.2) is 0 Å². The van der Waals surface area contributed by atoms with E-state index in [0.717, 1.165) is 10.0 Å². The Bertz CT molecular complexity index is 565. The second kappa shape index (κ2) is 6.38. The Morgan fingerprint density at radius 2 is 1.86 bits per heavy atom. The van der Waals surface area contributed by atoms with Crippen molar-refractivity contribution in [3.8, 4) is 0 Å². The number of carboxylic acids is 1. The molecule has 0 aromatic heterocycles. The Hall–Kier alpha value is -1.40. The van der Waals surface area contributed by atoms with Crippen LogP contribution in [0.15, 0.2) is 28.7 Å². The van der Waals surface area contributed by atoms with E-state index in [9.17, 15) is 14.7 Å². The first-order valence-corrected chi connectivity index (χ1v) is 7.94. The Labute approximate surface area is 138 Å². The first kappa shape index (κ1) is 17.0. The third kappa shape index (κ3) is 4.08. The highest BCUT2D eigenvalue weighted by molar-refractivity contribution is 9.10. The van der Waals surface area contributed by atoms with E-state index in [4.69, 9.17) is 4.74 Å². The van der Waals surface area contributed by atoms with Crippen LogP contribution in [0.25, 0.3) is 0 Å². The van der Waals surface area contributed by atoms with Gasteiger partial charge < -0.3 is 9.84 Å². The number of esters is 1. The lowest BCUT2D eigenvalue weighted by atomic mass is 9.93. The maximum atomic E-state index is 12.4. The summed E-state index contributed by atoms with van der Waals surface area (Å²) >= 11 is 3.37. The fourth-order valence-electron chi connectivity index (χ4n) is 2.57. The van der Waals surface area contributed by atoms with Crippen molar-refractivity contribution in [3.63, 3.8) is 0 Å². The van der Waals surface area contributed by atoms with Crippen LogP contribution in [0.2, 0.25) is 0 Å². The fourth-order valence-corrected chi connectivity index (χ4v) is 2.84. The molecule has 1 heterocycles. The van der Waals surface area contributed by atoms with Gasteiger partial charge in [0.15, 0.2) is 0 Å². The zero-order valence-electron chi connectivity index (χ0n) is 12.8. The van der Waals surface area contributed by atoms with Gasteiger partial charge in [0.2, 0.25) is 0 Å². The van der Waals surface area contributed by atoms with Crippen LogP contribution in [0.5, 0.6) is 0 Å². The van der Waals surface area contributed by atoms with E-state index in [-0.39, 0.29) is 18.4 Å². The van der Waals surface area contributed by atoms with Crippen molar-refractivity contribution in [2.75, 3.05) is 0 Å². The lowest BCUT2D eigenvalue weighted by Gasteiger charge is -2.25. The molecule has 1 aliphatic rings. The number of rotatable bonds is 3. The van der Waals surface area contributed by atoms with E-state index < -0.39 is 23.5 Å². The number of carbonyl (C=O) groups is 2. The molecule has 0 saturated carbocycles. The highest BCUT2D eigenvalue weighted by Gasteiger charge is 2.43. The number of ether oxygens (including phenoxy) is 1. The summed E-state index contributed by atoms with van der Waals surface area (Å²) in [5.74, 6) is -1.83. The summed E-state index contributed by atoms with van der Waals surface area (Å²) in [4.78, 5) is 23.7. The summed E-state index contributed by atoms with van der Waals surface area (Å²) in [6.07, 6.45) is 0.227. The minimum atomic E-state index is -0.951. The van der Waals surface area contributed by atoms with Gasteiger partial charge in [-0.15, -0.1) is 0 Å². The van der Waals surface area contributed by atoms with E-state index >= 15 is 0 Å². The predicted octanol–water partition coefficient (Wildman–Crippen LogP) is 2.89. The molecular formula is C16H20BrNO4. The van der Waals surface area contributed by atoms with Gasteiger partial charge >= 0.3 is 11.9 Å². The average Bonchev–Trinajstić information content (AvgIpc) is 2.83. The van der Waals surface area contributed by atoms with E-state index in [1.54, 1.807) is 20.8 Å². The zero-order chi connectivity index (χ0) is 16.5. The summed E-state index contributed by atoms with van der Waals surface area (Å²) in [5, 5.41) is 12.3. The topological polar surface area (TPSA) is 75.6 Å². The number of halogens is 1. The molecule has 2 N–H and O–H groups in total. The van der Waals surface area contributed by atoms with Crippen LogP contribution in [-0.4, -0.2) is 28.7 Å². The van der Waals surface area contributed by atoms with Gasteiger partial charge in [0, 0.05) is 10.5 Å². The van der Waals surface area contributed by atoms with Crippen LogP contribution in [0.1, 0.15) is 38.8 Å². The van der Waals surface area contributed by atoms with E-state index in [1.165, 1.54) is 0 Å². The molecule has 1 aromatic carbocycles. The van der Waals surface area contributed by atoms with E-state index in [1.807, 2.05) is 24.3 Å². The second-order valence-corrected chi connectivity index (χ2v) is 7.38. The molecule has 0 amide bonds. The third-order valence-electron chi connectivity index (χ3n) is 3.51. The van der Waals surface area contributed by atoms with Crippen molar-refractivity contribution in [2.45, 2.75) is 44.9 Å². The molecule has 22 heavy (non-hydrogen) atoms. The van der Waals surface area contributed by atoms with Gasteiger partial charge in [-0.1, -0.05) is 28.1 Å². The number of aliphatic carboxylic acids is 1. The molecule has 0 unspecified atom stereocenters. The number of carbonyl (C=O) groups excluding carboxylic acids is 1. The maximum Gasteiger partial charge on any atom is 0.320 e. The van der Waals surface area contributed by atoms with Gasteiger partial charge in [0.25, 0.3) is 0 Å². The van der Waals surface area contributed by atoms with Crippen molar-refractivity contribution in [1.82, 2.24) is 5.32 Å². The average molecular weight is 370 g/mol. The second-order valence-electron chi connectivity index (χ2n) is 6.46. The first-order chi connectivity index (χ1) is 10.2. The lowest BCUT2D eigenvalue weighted by Crippen LogP contribution is -2.33. The summed E-state index contributed by atoms with van der Waals surface area (Å²) < 4.78 is 6.37. The van der Waals surface area contributed by atoms with Crippen LogP contribution in [-0.2, 0) is 14.3 Å². The minimum Gasteiger partial charge on any atom is -0.480 e. The highest BCUT2D eigenvalue weighted by atomic mass is 79.9. The number of hydrogen-bond acceptors (Lipinski definition) is 4. The number of hydrogen-bond donors (Lipinski definition) is 2. The highest BCUT2D eigenvalue weighted by Crippen LogP contribution is 2.35. The molecule has 6 heteroatoms. The van der Waals surface area contributed by atoms with Crippen LogP contribution in [0, 0.1) is 5.92 Å². The van der Waals surface area contributed by atoms with Gasteiger partial charge in [0.1, 0.15) is 11.6 Å². The minimum absolute atomic E-state index is 0.227. The molecule has 5 nitrogen and oxygen atoms in total. The van der Waals surface area contributed by atoms with Crippen LogP contribution < -0.4 is 5.32 Å². The lowest BCUT2D eigenvalue weighted by molar-refractivity contribution is -0.160. The number of carboxylic acid groups (broad SMARTS) is 1.